The molecule has 4 nitrogen and oxygen atoms in total. The third kappa shape index (κ3) is 3.30. The van der Waals surface area contributed by atoms with Crippen molar-refractivity contribution in [3.8, 4) is 0 Å². The summed E-state index contributed by atoms with van der Waals surface area (Å²) < 4.78 is 1.08. The van der Waals surface area contributed by atoms with Gasteiger partial charge < -0.3 is 11.1 Å². The van der Waals surface area contributed by atoms with E-state index in [2.05, 4.69) is 10.3 Å². The summed E-state index contributed by atoms with van der Waals surface area (Å²) in [5, 5.41) is 3.43. The first-order valence-electron chi connectivity index (χ1n) is 6.40. The van der Waals surface area contributed by atoms with Gasteiger partial charge in [0.15, 0.2) is 5.13 Å². The van der Waals surface area contributed by atoms with Crippen LogP contribution in [0.3, 0.4) is 0 Å². The van der Waals surface area contributed by atoms with Crippen molar-refractivity contribution in [2.24, 2.45) is 11.7 Å². The average molecular weight is 277 g/mol. The maximum atomic E-state index is 11.9. The summed E-state index contributed by atoms with van der Waals surface area (Å²) in [5.74, 6) is 0.240. The van der Waals surface area contributed by atoms with E-state index < -0.39 is 6.04 Å². The zero-order valence-electron chi connectivity index (χ0n) is 11.4. The molecule has 2 aromatic rings. The minimum absolute atomic E-state index is 0.162. The number of hydrogen-bond donors (Lipinski definition) is 2. The van der Waals surface area contributed by atoms with Crippen molar-refractivity contribution in [1.29, 1.82) is 0 Å². The summed E-state index contributed by atoms with van der Waals surface area (Å²) in [5.41, 5.74) is 7.91. The predicted octanol–water partition coefficient (Wildman–Crippen LogP) is 2.92. The fourth-order valence-electron chi connectivity index (χ4n) is 1.95. The van der Waals surface area contributed by atoms with E-state index in [0.29, 0.717) is 17.5 Å². The smallest absolute Gasteiger partial charge is 0.243 e. The molecule has 0 aliphatic rings. The van der Waals surface area contributed by atoms with E-state index >= 15 is 0 Å². The van der Waals surface area contributed by atoms with Crippen LogP contribution in [0.25, 0.3) is 10.2 Å². The van der Waals surface area contributed by atoms with E-state index in [0.717, 1.165) is 15.8 Å². The minimum Gasteiger partial charge on any atom is -0.320 e. The van der Waals surface area contributed by atoms with Crippen LogP contribution in [0.1, 0.15) is 25.8 Å². The molecule has 0 saturated carbocycles. The molecule has 2 rings (SSSR count). The zero-order chi connectivity index (χ0) is 14.0. The number of thiazole rings is 1. The van der Waals surface area contributed by atoms with Crippen LogP contribution < -0.4 is 11.1 Å². The molecule has 5 heteroatoms. The lowest BCUT2D eigenvalue weighted by molar-refractivity contribution is -0.117. The molecular formula is C14H19N3OS. The van der Waals surface area contributed by atoms with Gasteiger partial charge in [-0.05, 0) is 30.9 Å². The Balaban J connectivity index is 2.13. The highest BCUT2D eigenvalue weighted by molar-refractivity contribution is 7.22. The topological polar surface area (TPSA) is 68.0 Å². The number of rotatable bonds is 4. The standard InChI is InChI=1S/C14H19N3OS/c1-8(2)7-10(15)13(18)17-14-16-12-9(3)5-4-6-11(12)19-14/h4-6,8,10H,7,15H2,1-3H3,(H,16,17,18)/t10-/m0/s1. The molecule has 19 heavy (non-hydrogen) atoms. The van der Waals surface area contributed by atoms with Crippen molar-refractivity contribution in [2.75, 3.05) is 5.32 Å². The SMILES string of the molecule is Cc1cccc2sc(NC(=O)[C@@H](N)CC(C)C)nc12. The number of aromatic nitrogens is 1. The summed E-state index contributed by atoms with van der Waals surface area (Å²) >= 11 is 1.48. The number of anilines is 1. The van der Waals surface area contributed by atoms with Gasteiger partial charge in [0.1, 0.15) is 0 Å². The molecule has 0 aliphatic heterocycles. The van der Waals surface area contributed by atoms with E-state index in [1.165, 1.54) is 11.3 Å². The highest BCUT2D eigenvalue weighted by Crippen LogP contribution is 2.27. The second kappa shape index (κ2) is 5.67. The van der Waals surface area contributed by atoms with Crippen molar-refractivity contribution in [1.82, 2.24) is 4.98 Å². The second-order valence-corrected chi connectivity index (χ2v) is 6.20. The van der Waals surface area contributed by atoms with E-state index in [-0.39, 0.29) is 5.91 Å². The summed E-state index contributed by atoms with van der Waals surface area (Å²) in [6.07, 6.45) is 0.676. The molecule has 0 saturated heterocycles. The third-order valence-electron chi connectivity index (χ3n) is 2.91. The lowest BCUT2D eigenvalue weighted by atomic mass is 10.0. The predicted molar refractivity (Wildman–Crippen MR) is 80.4 cm³/mol. The molecule has 0 radical (unpaired) electrons. The van der Waals surface area contributed by atoms with Crippen LogP contribution in [-0.4, -0.2) is 16.9 Å². The van der Waals surface area contributed by atoms with Crippen LogP contribution >= 0.6 is 11.3 Å². The van der Waals surface area contributed by atoms with Gasteiger partial charge in [0.2, 0.25) is 5.91 Å². The first-order chi connectivity index (χ1) is 8.97. The molecular weight excluding hydrogens is 258 g/mol. The van der Waals surface area contributed by atoms with E-state index in [4.69, 9.17) is 5.73 Å². The van der Waals surface area contributed by atoms with Crippen molar-refractivity contribution in [2.45, 2.75) is 33.2 Å². The van der Waals surface area contributed by atoms with Gasteiger partial charge in [0.25, 0.3) is 0 Å². The Bertz CT molecular complexity index is 591. The van der Waals surface area contributed by atoms with Crippen LogP contribution in [0, 0.1) is 12.8 Å². The van der Waals surface area contributed by atoms with Crippen molar-refractivity contribution in [3.63, 3.8) is 0 Å². The van der Waals surface area contributed by atoms with Crippen LogP contribution in [0.4, 0.5) is 5.13 Å². The summed E-state index contributed by atoms with van der Waals surface area (Å²) in [4.78, 5) is 16.4. The monoisotopic (exact) mass is 277 g/mol. The highest BCUT2D eigenvalue weighted by Gasteiger charge is 2.16. The van der Waals surface area contributed by atoms with Gasteiger partial charge in [-0.25, -0.2) is 4.98 Å². The first-order valence-corrected chi connectivity index (χ1v) is 7.21. The number of nitrogens with zero attached hydrogens (tertiary/aromatic N) is 1. The van der Waals surface area contributed by atoms with Crippen LogP contribution in [0.15, 0.2) is 18.2 Å². The zero-order valence-corrected chi connectivity index (χ0v) is 12.3. The number of benzene rings is 1. The molecule has 1 heterocycles. The lowest BCUT2D eigenvalue weighted by Crippen LogP contribution is -2.36. The maximum Gasteiger partial charge on any atom is 0.243 e. The largest absolute Gasteiger partial charge is 0.320 e. The normalized spacial score (nSPS) is 12.9. The first kappa shape index (κ1) is 14.0. The van der Waals surface area contributed by atoms with E-state index in [9.17, 15) is 4.79 Å². The van der Waals surface area contributed by atoms with Crippen LogP contribution in [-0.2, 0) is 4.79 Å². The molecule has 0 unspecified atom stereocenters. The fraction of sp³-hybridized carbons (Fsp3) is 0.429. The van der Waals surface area contributed by atoms with Gasteiger partial charge >= 0.3 is 0 Å². The Labute approximate surface area is 117 Å². The molecule has 0 spiro atoms. The van der Waals surface area contributed by atoms with Gasteiger partial charge in [0, 0.05) is 0 Å². The van der Waals surface area contributed by atoms with Gasteiger partial charge in [-0.15, -0.1) is 0 Å². The average Bonchev–Trinajstić information content (AvgIpc) is 2.72. The van der Waals surface area contributed by atoms with E-state index in [1.807, 2.05) is 39.0 Å². The number of aryl methyl sites for hydroxylation is 1. The minimum atomic E-state index is -0.479. The Kier molecular flexibility index (Phi) is 4.17. The molecule has 0 fully saturated rings. The number of carbonyl (C=O) groups excluding carboxylic acids is 1. The van der Waals surface area contributed by atoms with E-state index in [1.54, 1.807) is 0 Å². The molecule has 3 N–H and O–H groups in total. The summed E-state index contributed by atoms with van der Waals surface area (Å²) in [6.45, 7) is 6.11. The number of amides is 1. The quantitative estimate of drug-likeness (QED) is 0.903. The number of para-hydroxylation sites is 1. The van der Waals surface area contributed by atoms with Crippen molar-refractivity contribution < 1.29 is 4.79 Å². The van der Waals surface area contributed by atoms with Gasteiger partial charge in [-0.2, -0.15) is 0 Å². The molecule has 1 atom stereocenters. The number of nitrogens with two attached hydrogens (primary N) is 1. The molecule has 1 amide bonds. The summed E-state index contributed by atoms with van der Waals surface area (Å²) in [6, 6.07) is 5.53. The summed E-state index contributed by atoms with van der Waals surface area (Å²) in [7, 11) is 0. The number of hydrogen-bond acceptors (Lipinski definition) is 4. The molecule has 0 aliphatic carbocycles. The Hall–Kier alpha value is -1.46. The second-order valence-electron chi connectivity index (χ2n) is 5.17. The van der Waals surface area contributed by atoms with Crippen LogP contribution in [0.5, 0.6) is 0 Å². The lowest BCUT2D eigenvalue weighted by Gasteiger charge is -2.12. The molecule has 0 bridgehead atoms. The number of nitrogens with one attached hydrogen (secondary N) is 1. The Morgan fingerprint density at radius 2 is 2.21 bits per heavy atom. The Morgan fingerprint density at radius 3 is 2.84 bits per heavy atom. The van der Waals surface area contributed by atoms with Crippen molar-refractivity contribution in [3.05, 3.63) is 23.8 Å². The highest BCUT2D eigenvalue weighted by atomic mass is 32.1. The number of carbonyl (C=O) groups is 1. The maximum absolute atomic E-state index is 11.9. The Morgan fingerprint density at radius 1 is 1.47 bits per heavy atom. The van der Waals surface area contributed by atoms with Crippen LogP contribution in [0.2, 0.25) is 0 Å². The van der Waals surface area contributed by atoms with Gasteiger partial charge in [-0.3, -0.25) is 4.79 Å². The third-order valence-corrected chi connectivity index (χ3v) is 3.85. The van der Waals surface area contributed by atoms with Gasteiger partial charge in [-0.1, -0.05) is 37.3 Å². The molecule has 1 aromatic heterocycles. The number of fused-ring (bicyclic) bond motifs is 1. The van der Waals surface area contributed by atoms with Crippen molar-refractivity contribution >= 4 is 32.6 Å². The van der Waals surface area contributed by atoms with Gasteiger partial charge in [0.05, 0.1) is 16.3 Å². The fourth-order valence-corrected chi connectivity index (χ4v) is 2.90. The molecule has 1 aromatic carbocycles. The molecule has 102 valence electrons.